The second-order valence-electron chi connectivity index (χ2n) is 5.53. The van der Waals surface area contributed by atoms with Crippen LogP contribution in [-0.4, -0.2) is 34.7 Å². The molecule has 0 saturated carbocycles. The van der Waals surface area contributed by atoms with Gasteiger partial charge in [-0.05, 0) is 24.5 Å². The van der Waals surface area contributed by atoms with Crippen LogP contribution in [0.1, 0.15) is 17.7 Å². The van der Waals surface area contributed by atoms with Crippen LogP contribution in [0.25, 0.3) is 10.4 Å². The number of amides is 1. The highest BCUT2D eigenvalue weighted by atomic mass is 32.1. The summed E-state index contributed by atoms with van der Waals surface area (Å²) in [6, 6.07) is 7.87. The number of thiazole rings is 1. The smallest absolute Gasteiger partial charge is 0.237 e. The highest BCUT2D eigenvalue weighted by Gasteiger charge is 2.27. The van der Waals surface area contributed by atoms with Crippen molar-refractivity contribution in [2.75, 3.05) is 6.54 Å². The standard InChI is InChI=1S/C16H19N3O2S/c1-10-15(22-9-19-10)12-4-2-11(3-5-12)7-18-16(21)14-6-13(20)8-17-14/h2-5,9,13-14,17,20H,6-8H2,1H3,(H,18,21)/t13-,14?/m1/s1. The van der Waals surface area contributed by atoms with Crippen molar-refractivity contribution in [1.82, 2.24) is 15.6 Å². The first-order chi connectivity index (χ1) is 10.6. The van der Waals surface area contributed by atoms with E-state index in [1.54, 1.807) is 11.3 Å². The Bertz CT molecular complexity index is 654. The van der Waals surface area contributed by atoms with Gasteiger partial charge in [0, 0.05) is 13.1 Å². The number of aromatic nitrogens is 1. The van der Waals surface area contributed by atoms with Gasteiger partial charge in [0.1, 0.15) is 0 Å². The molecule has 1 saturated heterocycles. The summed E-state index contributed by atoms with van der Waals surface area (Å²) in [4.78, 5) is 17.4. The zero-order valence-electron chi connectivity index (χ0n) is 12.4. The number of carbonyl (C=O) groups excluding carboxylic acids is 1. The summed E-state index contributed by atoms with van der Waals surface area (Å²) in [5.74, 6) is -0.0565. The molecule has 0 radical (unpaired) electrons. The van der Waals surface area contributed by atoms with E-state index in [-0.39, 0.29) is 11.9 Å². The quantitative estimate of drug-likeness (QED) is 0.798. The van der Waals surface area contributed by atoms with E-state index in [9.17, 15) is 9.90 Å². The predicted molar refractivity (Wildman–Crippen MR) is 86.5 cm³/mol. The highest BCUT2D eigenvalue weighted by Crippen LogP contribution is 2.27. The molecule has 1 fully saturated rings. The van der Waals surface area contributed by atoms with E-state index < -0.39 is 6.10 Å². The second kappa shape index (κ2) is 6.56. The van der Waals surface area contributed by atoms with E-state index in [2.05, 4.69) is 27.8 Å². The number of aryl methyl sites for hydroxylation is 1. The molecule has 0 aliphatic carbocycles. The van der Waals surface area contributed by atoms with Gasteiger partial charge < -0.3 is 15.7 Å². The molecule has 1 aromatic heterocycles. The lowest BCUT2D eigenvalue weighted by molar-refractivity contribution is -0.123. The van der Waals surface area contributed by atoms with Crippen LogP contribution in [0.5, 0.6) is 0 Å². The van der Waals surface area contributed by atoms with Crippen LogP contribution in [0.2, 0.25) is 0 Å². The Labute approximate surface area is 133 Å². The van der Waals surface area contributed by atoms with Crippen LogP contribution in [0.15, 0.2) is 29.8 Å². The molecule has 1 aliphatic heterocycles. The number of carbonyl (C=O) groups is 1. The molecule has 1 aliphatic rings. The summed E-state index contributed by atoms with van der Waals surface area (Å²) in [7, 11) is 0. The van der Waals surface area contributed by atoms with Gasteiger partial charge in [0.25, 0.3) is 0 Å². The number of β-amino-alcohol motifs (C(OH)–C–C–N with tert-alkyl or cyclic N) is 1. The van der Waals surface area contributed by atoms with E-state index in [0.717, 1.165) is 16.8 Å². The summed E-state index contributed by atoms with van der Waals surface area (Å²) in [6.07, 6.45) is 0.0628. The van der Waals surface area contributed by atoms with Crippen molar-refractivity contribution in [2.24, 2.45) is 0 Å². The normalized spacial score (nSPS) is 21.0. The number of aliphatic hydroxyl groups excluding tert-OH is 1. The van der Waals surface area contributed by atoms with Crippen molar-refractivity contribution in [3.05, 3.63) is 41.0 Å². The topological polar surface area (TPSA) is 74.2 Å². The number of rotatable bonds is 4. The lowest BCUT2D eigenvalue weighted by atomic mass is 10.1. The summed E-state index contributed by atoms with van der Waals surface area (Å²) >= 11 is 1.63. The average Bonchev–Trinajstić information content (AvgIpc) is 3.14. The van der Waals surface area contributed by atoms with Crippen LogP contribution in [0.3, 0.4) is 0 Å². The van der Waals surface area contributed by atoms with Crippen LogP contribution in [0, 0.1) is 6.92 Å². The molecule has 1 unspecified atom stereocenters. The second-order valence-corrected chi connectivity index (χ2v) is 6.39. The van der Waals surface area contributed by atoms with Gasteiger partial charge in [0.2, 0.25) is 5.91 Å². The van der Waals surface area contributed by atoms with Gasteiger partial charge in [-0.2, -0.15) is 0 Å². The van der Waals surface area contributed by atoms with Crippen LogP contribution < -0.4 is 10.6 Å². The van der Waals surface area contributed by atoms with Crippen molar-refractivity contribution in [1.29, 1.82) is 0 Å². The number of hydrogen-bond donors (Lipinski definition) is 3. The molecular weight excluding hydrogens is 298 g/mol. The van der Waals surface area contributed by atoms with Gasteiger partial charge in [0.05, 0.1) is 28.2 Å². The molecule has 22 heavy (non-hydrogen) atoms. The molecule has 5 nitrogen and oxygen atoms in total. The Kier molecular flexibility index (Phi) is 4.52. The number of aliphatic hydroxyl groups is 1. The highest BCUT2D eigenvalue weighted by molar-refractivity contribution is 7.13. The third kappa shape index (κ3) is 3.35. The Balaban J connectivity index is 1.57. The zero-order chi connectivity index (χ0) is 15.5. The van der Waals surface area contributed by atoms with Crippen LogP contribution in [-0.2, 0) is 11.3 Å². The van der Waals surface area contributed by atoms with Gasteiger partial charge in [-0.3, -0.25) is 4.79 Å². The van der Waals surface area contributed by atoms with Crippen molar-refractivity contribution >= 4 is 17.2 Å². The largest absolute Gasteiger partial charge is 0.392 e. The number of nitrogens with zero attached hydrogens (tertiary/aromatic N) is 1. The predicted octanol–water partition coefficient (Wildman–Crippen LogP) is 1.46. The van der Waals surface area contributed by atoms with E-state index in [4.69, 9.17) is 0 Å². The van der Waals surface area contributed by atoms with Gasteiger partial charge >= 0.3 is 0 Å². The maximum Gasteiger partial charge on any atom is 0.237 e. The maximum atomic E-state index is 12.0. The number of benzene rings is 1. The van der Waals surface area contributed by atoms with E-state index in [1.165, 1.54) is 4.88 Å². The average molecular weight is 317 g/mol. The fourth-order valence-electron chi connectivity index (χ4n) is 2.58. The van der Waals surface area contributed by atoms with E-state index in [1.807, 2.05) is 24.6 Å². The minimum Gasteiger partial charge on any atom is -0.392 e. The molecule has 1 amide bonds. The minimum absolute atomic E-state index is 0.0565. The van der Waals surface area contributed by atoms with Crippen LogP contribution >= 0.6 is 11.3 Å². The van der Waals surface area contributed by atoms with Gasteiger partial charge in [0.15, 0.2) is 0 Å². The molecule has 0 bridgehead atoms. The Morgan fingerprint density at radius 1 is 1.45 bits per heavy atom. The van der Waals surface area contributed by atoms with E-state index in [0.29, 0.717) is 19.5 Å². The van der Waals surface area contributed by atoms with Crippen LogP contribution in [0.4, 0.5) is 0 Å². The molecule has 2 atom stereocenters. The number of nitrogens with one attached hydrogen (secondary N) is 2. The SMILES string of the molecule is Cc1ncsc1-c1ccc(CNC(=O)C2C[C@@H](O)CN2)cc1. The summed E-state index contributed by atoms with van der Waals surface area (Å²) in [5.41, 5.74) is 5.09. The van der Waals surface area contributed by atoms with Crippen molar-refractivity contribution in [3.8, 4) is 10.4 Å². The lowest BCUT2D eigenvalue weighted by Gasteiger charge is -2.11. The van der Waals surface area contributed by atoms with Gasteiger partial charge in [-0.1, -0.05) is 24.3 Å². The van der Waals surface area contributed by atoms with Crippen molar-refractivity contribution < 1.29 is 9.90 Å². The Morgan fingerprint density at radius 3 is 2.82 bits per heavy atom. The number of hydrogen-bond acceptors (Lipinski definition) is 5. The van der Waals surface area contributed by atoms with Crippen molar-refractivity contribution in [3.63, 3.8) is 0 Å². The summed E-state index contributed by atoms with van der Waals surface area (Å²) in [5, 5.41) is 15.3. The van der Waals surface area contributed by atoms with Gasteiger partial charge in [-0.15, -0.1) is 11.3 Å². The van der Waals surface area contributed by atoms with E-state index >= 15 is 0 Å². The van der Waals surface area contributed by atoms with Gasteiger partial charge in [-0.25, -0.2) is 4.98 Å². The molecule has 116 valence electrons. The molecule has 2 aromatic rings. The Hall–Kier alpha value is -1.76. The fourth-order valence-corrected chi connectivity index (χ4v) is 3.39. The first-order valence-corrected chi connectivity index (χ1v) is 8.20. The molecule has 6 heteroatoms. The molecule has 1 aromatic carbocycles. The molecule has 0 spiro atoms. The zero-order valence-corrected chi connectivity index (χ0v) is 13.2. The monoisotopic (exact) mass is 317 g/mol. The molecule has 3 N–H and O–H groups in total. The molecular formula is C16H19N3O2S. The van der Waals surface area contributed by atoms with Crippen molar-refractivity contribution in [2.45, 2.75) is 32.0 Å². The first kappa shape index (κ1) is 15.1. The fraction of sp³-hybridized carbons (Fsp3) is 0.375. The summed E-state index contributed by atoms with van der Waals surface area (Å²) in [6.45, 7) is 2.99. The lowest BCUT2D eigenvalue weighted by Crippen LogP contribution is -2.39. The molecule has 3 rings (SSSR count). The first-order valence-electron chi connectivity index (χ1n) is 7.32. The third-order valence-corrected chi connectivity index (χ3v) is 4.83. The third-order valence-electron chi connectivity index (χ3n) is 3.85. The Morgan fingerprint density at radius 2 is 2.23 bits per heavy atom. The molecule has 2 heterocycles. The minimum atomic E-state index is -0.419. The maximum absolute atomic E-state index is 12.0. The summed E-state index contributed by atoms with van der Waals surface area (Å²) < 4.78 is 0.